The molecule has 0 heterocycles. The van der Waals surface area contributed by atoms with E-state index in [0.29, 0.717) is 18.3 Å². The van der Waals surface area contributed by atoms with Crippen molar-refractivity contribution in [2.24, 2.45) is 0 Å². The minimum Gasteiger partial charge on any atom is -0.383 e. The fraction of sp³-hybridized carbons (Fsp3) is 0.417. The third-order valence-electron chi connectivity index (χ3n) is 2.58. The molecule has 1 aliphatic rings. The van der Waals surface area contributed by atoms with Crippen molar-refractivity contribution < 1.29 is 4.39 Å². The van der Waals surface area contributed by atoms with E-state index >= 15 is 0 Å². The lowest BCUT2D eigenvalue weighted by molar-refractivity contribution is 0.624. The average Bonchev–Trinajstić information content (AvgIpc) is 3.08. The summed E-state index contributed by atoms with van der Waals surface area (Å²) in [6.07, 6.45) is 2.51. The van der Waals surface area contributed by atoms with E-state index < -0.39 is 5.82 Å². The Morgan fingerprint density at radius 2 is 2.19 bits per heavy atom. The first-order chi connectivity index (χ1) is 7.81. The number of hydrogen-bond acceptors (Lipinski definition) is 3. The summed E-state index contributed by atoms with van der Waals surface area (Å²) in [5, 5.41) is 15.2. The highest BCUT2D eigenvalue weighted by molar-refractivity contribution is 5.57. The van der Waals surface area contributed by atoms with E-state index in [-0.39, 0.29) is 5.56 Å². The molecule has 0 atom stereocenters. The number of nitrogens with zero attached hydrogens (tertiary/aromatic N) is 1. The quantitative estimate of drug-likeness (QED) is 0.743. The van der Waals surface area contributed by atoms with Gasteiger partial charge in [-0.2, -0.15) is 5.26 Å². The molecular formula is C12H14FN3. The lowest BCUT2D eigenvalue weighted by Crippen LogP contribution is -2.24. The van der Waals surface area contributed by atoms with Crippen LogP contribution in [-0.4, -0.2) is 19.1 Å². The molecule has 1 aromatic rings. The summed E-state index contributed by atoms with van der Waals surface area (Å²) in [6, 6.07) is 7.16. The average molecular weight is 219 g/mol. The molecule has 1 fully saturated rings. The summed E-state index contributed by atoms with van der Waals surface area (Å²) in [5.41, 5.74) is 0.661. The van der Waals surface area contributed by atoms with Gasteiger partial charge in [-0.1, -0.05) is 6.07 Å². The van der Waals surface area contributed by atoms with Crippen LogP contribution in [-0.2, 0) is 0 Å². The standard InChI is InChI=1S/C12H14FN3/c13-11-2-1-3-12(10(11)8-14)16-7-6-15-9-4-5-9/h1-3,9,15-16H,4-7H2. The minimum absolute atomic E-state index is 0.0916. The first-order valence-electron chi connectivity index (χ1n) is 5.47. The van der Waals surface area contributed by atoms with Crippen molar-refractivity contribution in [1.29, 1.82) is 5.26 Å². The summed E-state index contributed by atoms with van der Waals surface area (Å²) >= 11 is 0. The molecule has 0 radical (unpaired) electrons. The van der Waals surface area contributed by atoms with E-state index in [0.717, 1.165) is 6.54 Å². The molecule has 1 aliphatic carbocycles. The van der Waals surface area contributed by atoms with Crippen LogP contribution >= 0.6 is 0 Å². The Morgan fingerprint density at radius 1 is 1.38 bits per heavy atom. The van der Waals surface area contributed by atoms with Gasteiger partial charge in [-0.25, -0.2) is 4.39 Å². The highest BCUT2D eigenvalue weighted by Gasteiger charge is 2.19. The fourth-order valence-electron chi connectivity index (χ4n) is 1.55. The number of halogens is 1. The SMILES string of the molecule is N#Cc1c(F)cccc1NCCNC1CC1. The predicted molar refractivity (Wildman–Crippen MR) is 60.6 cm³/mol. The van der Waals surface area contributed by atoms with Gasteiger partial charge in [0.1, 0.15) is 17.4 Å². The molecule has 0 saturated heterocycles. The Kier molecular flexibility index (Phi) is 3.37. The van der Waals surface area contributed by atoms with E-state index in [2.05, 4.69) is 10.6 Å². The smallest absolute Gasteiger partial charge is 0.143 e. The third-order valence-corrected chi connectivity index (χ3v) is 2.58. The minimum atomic E-state index is -0.470. The summed E-state index contributed by atoms with van der Waals surface area (Å²) < 4.78 is 13.2. The summed E-state index contributed by atoms with van der Waals surface area (Å²) in [6.45, 7) is 1.54. The van der Waals surface area contributed by atoms with Gasteiger partial charge in [-0.05, 0) is 25.0 Å². The predicted octanol–water partition coefficient (Wildman–Crippen LogP) is 1.86. The molecule has 0 bridgehead atoms. The first-order valence-corrected chi connectivity index (χ1v) is 5.47. The second-order valence-corrected chi connectivity index (χ2v) is 3.93. The Hall–Kier alpha value is -1.60. The number of rotatable bonds is 5. The van der Waals surface area contributed by atoms with Crippen molar-refractivity contribution in [3.05, 3.63) is 29.6 Å². The van der Waals surface area contributed by atoms with Gasteiger partial charge < -0.3 is 10.6 Å². The van der Waals surface area contributed by atoms with Crippen LogP contribution < -0.4 is 10.6 Å². The lowest BCUT2D eigenvalue weighted by Gasteiger charge is -2.08. The van der Waals surface area contributed by atoms with Crippen molar-refractivity contribution in [2.45, 2.75) is 18.9 Å². The van der Waals surface area contributed by atoms with Crippen molar-refractivity contribution in [3.63, 3.8) is 0 Å². The molecule has 0 spiro atoms. The zero-order valence-corrected chi connectivity index (χ0v) is 8.96. The number of nitriles is 1. The summed E-state index contributed by atoms with van der Waals surface area (Å²) in [4.78, 5) is 0. The van der Waals surface area contributed by atoms with Crippen LogP contribution in [0.3, 0.4) is 0 Å². The zero-order chi connectivity index (χ0) is 11.4. The molecule has 0 amide bonds. The maximum Gasteiger partial charge on any atom is 0.143 e. The third kappa shape index (κ3) is 2.71. The molecule has 0 aliphatic heterocycles. The van der Waals surface area contributed by atoms with Crippen LogP contribution in [0.25, 0.3) is 0 Å². The van der Waals surface area contributed by atoms with Crippen LogP contribution in [0.5, 0.6) is 0 Å². The van der Waals surface area contributed by atoms with Crippen LogP contribution in [0.2, 0.25) is 0 Å². The van der Waals surface area contributed by atoms with E-state index in [1.54, 1.807) is 12.1 Å². The van der Waals surface area contributed by atoms with Crippen LogP contribution in [0.1, 0.15) is 18.4 Å². The Bertz CT molecular complexity index is 407. The molecule has 16 heavy (non-hydrogen) atoms. The molecule has 2 rings (SSSR count). The molecule has 1 saturated carbocycles. The molecular weight excluding hydrogens is 205 g/mol. The van der Waals surface area contributed by atoms with Gasteiger partial charge in [0.2, 0.25) is 0 Å². The van der Waals surface area contributed by atoms with E-state index in [1.165, 1.54) is 18.9 Å². The summed E-state index contributed by atoms with van der Waals surface area (Å²) in [7, 11) is 0. The second kappa shape index (κ2) is 4.95. The van der Waals surface area contributed by atoms with Gasteiger partial charge in [0, 0.05) is 19.1 Å². The van der Waals surface area contributed by atoms with E-state index in [9.17, 15) is 4.39 Å². The van der Waals surface area contributed by atoms with Crippen molar-refractivity contribution in [3.8, 4) is 6.07 Å². The number of benzene rings is 1. The largest absolute Gasteiger partial charge is 0.383 e. The van der Waals surface area contributed by atoms with Crippen LogP contribution in [0.15, 0.2) is 18.2 Å². The van der Waals surface area contributed by atoms with E-state index in [4.69, 9.17) is 5.26 Å². The van der Waals surface area contributed by atoms with Gasteiger partial charge in [0.25, 0.3) is 0 Å². The van der Waals surface area contributed by atoms with Gasteiger partial charge in [0.15, 0.2) is 0 Å². The monoisotopic (exact) mass is 219 g/mol. The van der Waals surface area contributed by atoms with Crippen molar-refractivity contribution in [1.82, 2.24) is 5.32 Å². The first kappa shape index (κ1) is 10.9. The van der Waals surface area contributed by atoms with E-state index in [1.807, 2.05) is 6.07 Å². The normalized spacial score (nSPS) is 14.5. The molecule has 0 unspecified atom stereocenters. The maximum absolute atomic E-state index is 13.2. The fourth-order valence-corrected chi connectivity index (χ4v) is 1.55. The zero-order valence-electron chi connectivity index (χ0n) is 8.96. The molecule has 2 N–H and O–H groups in total. The van der Waals surface area contributed by atoms with Gasteiger partial charge in [-0.15, -0.1) is 0 Å². The van der Waals surface area contributed by atoms with Crippen molar-refractivity contribution in [2.75, 3.05) is 18.4 Å². The highest BCUT2D eigenvalue weighted by atomic mass is 19.1. The van der Waals surface area contributed by atoms with Crippen molar-refractivity contribution >= 4 is 5.69 Å². The Balaban J connectivity index is 1.87. The van der Waals surface area contributed by atoms with Gasteiger partial charge >= 0.3 is 0 Å². The van der Waals surface area contributed by atoms with Crippen LogP contribution in [0.4, 0.5) is 10.1 Å². The molecule has 4 heteroatoms. The number of hydrogen-bond donors (Lipinski definition) is 2. The molecule has 3 nitrogen and oxygen atoms in total. The number of anilines is 1. The second-order valence-electron chi connectivity index (χ2n) is 3.93. The Labute approximate surface area is 94.3 Å². The topological polar surface area (TPSA) is 47.9 Å². The molecule has 1 aromatic carbocycles. The molecule has 84 valence electrons. The summed E-state index contributed by atoms with van der Waals surface area (Å²) in [5.74, 6) is -0.470. The highest BCUT2D eigenvalue weighted by Crippen LogP contribution is 2.19. The lowest BCUT2D eigenvalue weighted by atomic mass is 10.2. The van der Waals surface area contributed by atoms with Gasteiger partial charge in [0.05, 0.1) is 5.69 Å². The van der Waals surface area contributed by atoms with Crippen LogP contribution in [0, 0.1) is 17.1 Å². The Morgan fingerprint density at radius 3 is 2.88 bits per heavy atom. The van der Waals surface area contributed by atoms with Gasteiger partial charge in [-0.3, -0.25) is 0 Å². The maximum atomic E-state index is 13.2. The molecule has 0 aromatic heterocycles. The number of nitrogens with one attached hydrogen (secondary N) is 2.